The van der Waals surface area contributed by atoms with Crippen LogP contribution in [0.1, 0.15) is 6.92 Å². The number of carbonyl (C=O) groups is 2. The van der Waals surface area contributed by atoms with Crippen molar-refractivity contribution in [3.8, 4) is 0 Å². The smallest absolute Gasteiger partial charge is 0.319 e. The molecule has 1 aromatic rings. The molecule has 0 spiro atoms. The molecule has 0 saturated carbocycles. The highest BCUT2D eigenvalue weighted by molar-refractivity contribution is 5.93. The molecule has 0 aliphatic rings. The van der Waals surface area contributed by atoms with Crippen molar-refractivity contribution >= 4 is 23.3 Å². The Balaban J connectivity index is 2.54. The Kier molecular flexibility index (Phi) is 4.53. The molecule has 0 aromatic heterocycles. The number of nitrogens with zero attached hydrogens (tertiary/aromatic N) is 1. The lowest BCUT2D eigenvalue weighted by molar-refractivity contribution is -0.130. The summed E-state index contributed by atoms with van der Waals surface area (Å²) in [5.41, 5.74) is 6.73. The maximum Gasteiger partial charge on any atom is 0.319 e. The molecule has 0 radical (unpaired) electrons. The molecule has 18 heavy (non-hydrogen) atoms. The fourth-order valence-corrected chi connectivity index (χ4v) is 1.43. The van der Waals surface area contributed by atoms with Crippen LogP contribution < -0.4 is 16.4 Å². The summed E-state index contributed by atoms with van der Waals surface area (Å²) in [5, 5.41) is 5.15. The van der Waals surface area contributed by atoms with E-state index in [-0.39, 0.29) is 5.91 Å². The van der Waals surface area contributed by atoms with Gasteiger partial charge in [-0.3, -0.25) is 4.79 Å². The van der Waals surface area contributed by atoms with Crippen LogP contribution in [0.15, 0.2) is 24.3 Å². The number of urea groups is 1. The zero-order valence-corrected chi connectivity index (χ0v) is 10.7. The molecule has 0 aliphatic heterocycles. The second-order valence-corrected chi connectivity index (χ2v) is 4.18. The molecule has 4 N–H and O–H groups in total. The molecular weight excluding hydrogens is 232 g/mol. The zero-order chi connectivity index (χ0) is 13.7. The van der Waals surface area contributed by atoms with E-state index in [1.54, 1.807) is 45.3 Å². The number of nitrogen functional groups attached to an aromatic ring is 1. The molecule has 0 aliphatic carbocycles. The number of hydrogen-bond donors (Lipinski definition) is 3. The zero-order valence-electron chi connectivity index (χ0n) is 10.7. The van der Waals surface area contributed by atoms with Crippen LogP contribution in [0.25, 0.3) is 0 Å². The third-order valence-corrected chi connectivity index (χ3v) is 2.30. The van der Waals surface area contributed by atoms with Gasteiger partial charge in [0.25, 0.3) is 0 Å². The van der Waals surface area contributed by atoms with Gasteiger partial charge in [0.1, 0.15) is 6.04 Å². The molecule has 0 fully saturated rings. The van der Waals surface area contributed by atoms with Gasteiger partial charge in [-0.25, -0.2) is 4.79 Å². The first kappa shape index (κ1) is 13.8. The van der Waals surface area contributed by atoms with Crippen LogP contribution in [-0.4, -0.2) is 37.0 Å². The largest absolute Gasteiger partial charge is 0.399 e. The van der Waals surface area contributed by atoms with E-state index in [9.17, 15) is 9.59 Å². The van der Waals surface area contributed by atoms with Gasteiger partial charge in [-0.2, -0.15) is 0 Å². The minimum atomic E-state index is -0.582. The Morgan fingerprint density at radius 3 is 2.56 bits per heavy atom. The molecule has 98 valence electrons. The van der Waals surface area contributed by atoms with E-state index in [0.29, 0.717) is 11.4 Å². The predicted octanol–water partition coefficient (Wildman–Crippen LogP) is 0.867. The van der Waals surface area contributed by atoms with Gasteiger partial charge in [-0.15, -0.1) is 0 Å². The number of hydrogen-bond acceptors (Lipinski definition) is 3. The summed E-state index contributed by atoms with van der Waals surface area (Å²) in [6.07, 6.45) is 0. The van der Waals surface area contributed by atoms with Gasteiger partial charge in [-0.1, -0.05) is 6.07 Å². The average Bonchev–Trinajstić information content (AvgIpc) is 2.27. The van der Waals surface area contributed by atoms with Crippen LogP contribution in [0, 0.1) is 0 Å². The summed E-state index contributed by atoms with van der Waals surface area (Å²) in [7, 11) is 3.27. The van der Waals surface area contributed by atoms with E-state index in [2.05, 4.69) is 10.6 Å². The molecule has 3 amide bonds. The number of benzene rings is 1. The quantitative estimate of drug-likeness (QED) is 0.695. The van der Waals surface area contributed by atoms with Crippen molar-refractivity contribution in [2.24, 2.45) is 0 Å². The standard InChI is InChI=1S/C12H18N4O2/c1-8(11(17)16(2)3)14-12(18)15-10-6-4-5-9(13)7-10/h4-8H,13H2,1-3H3,(H2,14,15,18). The Morgan fingerprint density at radius 1 is 1.33 bits per heavy atom. The predicted molar refractivity (Wildman–Crippen MR) is 71.2 cm³/mol. The first-order chi connectivity index (χ1) is 8.40. The molecule has 0 bridgehead atoms. The van der Waals surface area contributed by atoms with Crippen LogP contribution in [0.2, 0.25) is 0 Å². The van der Waals surface area contributed by atoms with Crippen LogP contribution >= 0.6 is 0 Å². The molecule has 0 heterocycles. The van der Waals surface area contributed by atoms with E-state index in [4.69, 9.17) is 5.73 Å². The Hall–Kier alpha value is -2.24. The van der Waals surface area contributed by atoms with Crippen molar-refractivity contribution in [2.75, 3.05) is 25.1 Å². The molecule has 6 nitrogen and oxygen atoms in total. The highest BCUT2D eigenvalue weighted by Gasteiger charge is 2.16. The maximum absolute atomic E-state index is 11.6. The maximum atomic E-state index is 11.6. The van der Waals surface area contributed by atoms with Gasteiger partial charge in [0.05, 0.1) is 0 Å². The minimum Gasteiger partial charge on any atom is -0.399 e. The van der Waals surface area contributed by atoms with Crippen LogP contribution in [0.4, 0.5) is 16.2 Å². The third kappa shape index (κ3) is 3.97. The van der Waals surface area contributed by atoms with Gasteiger partial charge in [0, 0.05) is 25.5 Å². The fourth-order valence-electron chi connectivity index (χ4n) is 1.43. The molecule has 0 saturated heterocycles. The first-order valence-corrected chi connectivity index (χ1v) is 5.54. The lowest BCUT2D eigenvalue weighted by Crippen LogP contribution is -2.45. The SMILES string of the molecule is CC(NC(=O)Nc1cccc(N)c1)C(=O)N(C)C. The van der Waals surface area contributed by atoms with Crippen molar-refractivity contribution in [2.45, 2.75) is 13.0 Å². The molecule has 1 unspecified atom stereocenters. The number of nitrogens with one attached hydrogen (secondary N) is 2. The average molecular weight is 250 g/mol. The fraction of sp³-hybridized carbons (Fsp3) is 0.333. The second kappa shape index (κ2) is 5.90. The molecule has 1 aromatic carbocycles. The highest BCUT2D eigenvalue weighted by Crippen LogP contribution is 2.11. The van der Waals surface area contributed by atoms with Crippen LogP contribution in [-0.2, 0) is 4.79 Å². The van der Waals surface area contributed by atoms with Crippen molar-refractivity contribution in [1.29, 1.82) is 0 Å². The summed E-state index contributed by atoms with van der Waals surface area (Å²) in [6.45, 7) is 1.63. The van der Waals surface area contributed by atoms with E-state index >= 15 is 0 Å². The minimum absolute atomic E-state index is 0.169. The number of anilines is 2. The summed E-state index contributed by atoms with van der Waals surface area (Å²) in [6, 6.07) is 5.79. The number of likely N-dealkylation sites (N-methyl/N-ethyl adjacent to an activating group) is 1. The summed E-state index contributed by atoms with van der Waals surface area (Å²) in [5.74, 6) is -0.169. The Bertz CT molecular complexity index is 445. The summed E-state index contributed by atoms with van der Waals surface area (Å²) >= 11 is 0. The van der Waals surface area contributed by atoms with E-state index < -0.39 is 12.1 Å². The number of carbonyl (C=O) groups excluding carboxylic acids is 2. The topological polar surface area (TPSA) is 87.5 Å². The van der Waals surface area contributed by atoms with Crippen molar-refractivity contribution in [1.82, 2.24) is 10.2 Å². The number of rotatable bonds is 3. The monoisotopic (exact) mass is 250 g/mol. The van der Waals surface area contributed by atoms with Gasteiger partial charge < -0.3 is 21.3 Å². The third-order valence-electron chi connectivity index (χ3n) is 2.30. The Labute approximate surface area is 106 Å². The van der Waals surface area contributed by atoms with E-state index in [1.165, 1.54) is 4.90 Å². The molecule has 1 atom stereocenters. The van der Waals surface area contributed by atoms with Gasteiger partial charge in [0.15, 0.2) is 0 Å². The number of amides is 3. The normalized spacial score (nSPS) is 11.5. The van der Waals surface area contributed by atoms with Crippen molar-refractivity contribution < 1.29 is 9.59 Å². The molecule has 1 rings (SSSR count). The van der Waals surface area contributed by atoms with Gasteiger partial charge >= 0.3 is 6.03 Å². The molecule has 6 heteroatoms. The van der Waals surface area contributed by atoms with Gasteiger partial charge in [-0.05, 0) is 25.1 Å². The molecular formula is C12H18N4O2. The van der Waals surface area contributed by atoms with E-state index in [0.717, 1.165) is 0 Å². The van der Waals surface area contributed by atoms with Gasteiger partial charge in [0.2, 0.25) is 5.91 Å². The number of nitrogens with two attached hydrogens (primary N) is 1. The van der Waals surface area contributed by atoms with Crippen molar-refractivity contribution in [3.05, 3.63) is 24.3 Å². The summed E-state index contributed by atoms with van der Waals surface area (Å²) in [4.78, 5) is 24.6. The van der Waals surface area contributed by atoms with Crippen molar-refractivity contribution in [3.63, 3.8) is 0 Å². The second-order valence-electron chi connectivity index (χ2n) is 4.18. The lowest BCUT2D eigenvalue weighted by Gasteiger charge is -2.18. The van der Waals surface area contributed by atoms with Crippen LogP contribution in [0.3, 0.4) is 0 Å². The summed E-state index contributed by atoms with van der Waals surface area (Å²) < 4.78 is 0. The van der Waals surface area contributed by atoms with Crippen LogP contribution in [0.5, 0.6) is 0 Å². The van der Waals surface area contributed by atoms with E-state index in [1.807, 2.05) is 0 Å². The highest BCUT2D eigenvalue weighted by atomic mass is 16.2. The Morgan fingerprint density at radius 2 is 2.00 bits per heavy atom. The lowest BCUT2D eigenvalue weighted by atomic mass is 10.3. The first-order valence-electron chi connectivity index (χ1n) is 5.54.